The molecule has 17 heavy (non-hydrogen) atoms. The van der Waals surface area contributed by atoms with Crippen LogP contribution in [0.15, 0.2) is 0 Å². The second kappa shape index (κ2) is 10.5. The summed E-state index contributed by atoms with van der Waals surface area (Å²) in [6.07, 6.45) is 3.25. The van der Waals surface area contributed by atoms with Gasteiger partial charge in [-0.1, -0.05) is 13.3 Å². The van der Waals surface area contributed by atoms with Crippen molar-refractivity contribution in [3.63, 3.8) is 0 Å². The van der Waals surface area contributed by atoms with Crippen molar-refractivity contribution in [2.45, 2.75) is 52.6 Å². The fourth-order valence-corrected chi connectivity index (χ4v) is 1.71. The molecule has 0 aliphatic heterocycles. The highest BCUT2D eigenvalue weighted by molar-refractivity contribution is 5.69. The van der Waals surface area contributed by atoms with E-state index in [2.05, 4.69) is 6.92 Å². The van der Waals surface area contributed by atoms with Crippen LogP contribution in [0.5, 0.6) is 0 Å². The monoisotopic (exact) mass is 245 g/mol. The molecule has 0 aromatic heterocycles. The van der Waals surface area contributed by atoms with E-state index in [0.717, 1.165) is 19.3 Å². The Morgan fingerprint density at radius 2 is 2.00 bits per heavy atom. The van der Waals surface area contributed by atoms with Crippen molar-refractivity contribution < 1.29 is 14.3 Å². The lowest BCUT2D eigenvalue weighted by Crippen LogP contribution is -2.21. The molecule has 2 atom stereocenters. The van der Waals surface area contributed by atoms with E-state index in [0.29, 0.717) is 32.1 Å². The maximum atomic E-state index is 11.5. The number of hydrogen-bond donors (Lipinski definition) is 1. The zero-order valence-corrected chi connectivity index (χ0v) is 11.4. The fraction of sp³-hybridized carbons (Fsp3) is 0.923. The van der Waals surface area contributed by atoms with Crippen LogP contribution in [0.1, 0.15) is 46.5 Å². The lowest BCUT2D eigenvalue weighted by Gasteiger charge is -2.15. The van der Waals surface area contributed by atoms with Crippen molar-refractivity contribution in [1.29, 1.82) is 0 Å². The molecule has 0 heterocycles. The number of rotatable bonds is 10. The average Bonchev–Trinajstić information content (AvgIpc) is 2.31. The second-order valence-electron chi connectivity index (χ2n) is 4.35. The Morgan fingerprint density at radius 3 is 2.53 bits per heavy atom. The first-order chi connectivity index (χ1) is 8.13. The largest absolute Gasteiger partial charge is 0.460 e. The number of esters is 1. The van der Waals surface area contributed by atoms with Crippen molar-refractivity contribution in [3.8, 4) is 0 Å². The second-order valence-corrected chi connectivity index (χ2v) is 4.35. The molecule has 0 saturated carbocycles. The minimum atomic E-state index is -0.156. The standard InChI is InChI=1S/C13H27NO3/c1-4-12(8-9-14)6-7-13(15)17-11(3)10-16-5-2/h11-12H,4-10,14H2,1-3H3. The van der Waals surface area contributed by atoms with Gasteiger partial charge < -0.3 is 15.2 Å². The van der Waals surface area contributed by atoms with Crippen molar-refractivity contribution in [1.82, 2.24) is 0 Å². The van der Waals surface area contributed by atoms with Gasteiger partial charge in [-0.25, -0.2) is 0 Å². The molecule has 0 aliphatic rings. The molecule has 0 amide bonds. The molecule has 0 aromatic carbocycles. The van der Waals surface area contributed by atoms with Gasteiger partial charge in [0.15, 0.2) is 0 Å². The lowest BCUT2D eigenvalue weighted by molar-refractivity contribution is -0.151. The van der Waals surface area contributed by atoms with Crippen LogP contribution < -0.4 is 5.73 Å². The van der Waals surface area contributed by atoms with Gasteiger partial charge in [0.2, 0.25) is 0 Å². The summed E-state index contributed by atoms with van der Waals surface area (Å²) in [4.78, 5) is 11.5. The van der Waals surface area contributed by atoms with Crippen molar-refractivity contribution >= 4 is 5.97 Å². The quantitative estimate of drug-likeness (QED) is 0.599. The van der Waals surface area contributed by atoms with Crippen LogP contribution in [0.25, 0.3) is 0 Å². The van der Waals surface area contributed by atoms with Crippen molar-refractivity contribution in [2.24, 2.45) is 11.7 Å². The number of carbonyl (C=O) groups is 1. The number of carbonyl (C=O) groups excluding carboxylic acids is 1. The third-order valence-corrected chi connectivity index (χ3v) is 2.80. The van der Waals surface area contributed by atoms with Crippen LogP contribution in [-0.2, 0) is 14.3 Å². The zero-order chi connectivity index (χ0) is 13.1. The maximum Gasteiger partial charge on any atom is 0.306 e. The molecule has 0 fully saturated rings. The molecule has 0 bridgehead atoms. The molecule has 0 aromatic rings. The first-order valence-electron chi connectivity index (χ1n) is 6.61. The van der Waals surface area contributed by atoms with Gasteiger partial charge in [0.25, 0.3) is 0 Å². The van der Waals surface area contributed by atoms with E-state index < -0.39 is 0 Å². The fourth-order valence-electron chi connectivity index (χ4n) is 1.71. The van der Waals surface area contributed by atoms with E-state index in [1.807, 2.05) is 13.8 Å². The Kier molecular flexibility index (Phi) is 10.2. The zero-order valence-electron chi connectivity index (χ0n) is 11.4. The summed E-state index contributed by atoms with van der Waals surface area (Å²) < 4.78 is 10.4. The molecule has 0 aliphatic carbocycles. The number of ether oxygens (including phenoxy) is 2. The highest BCUT2D eigenvalue weighted by Gasteiger charge is 2.12. The summed E-state index contributed by atoms with van der Waals surface area (Å²) in [6.45, 7) is 7.72. The van der Waals surface area contributed by atoms with Gasteiger partial charge >= 0.3 is 5.97 Å². The van der Waals surface area contributed by atoms with Gasteiger partial charge in [0.05, 0.1) is 6.61 Å². The number of hydrogen-bond acceptors (Lipinski definition) is 4. The van der Waals surface area contributed by atoms with Gasteiger partial charge in [0.1, 0.15) is 6.10 Å². The normalized spacial score (nSPS) is 14.4. The molecule has 2 N–H and O–H groups in total. The molecular weight excluding hydrogens is 218 g/mol. The Morgan fingerprint density at radius 1 is 1.29 bits per heavy atom. The molecular formula is C13H27NO3. The summed E-state index contributed by atoms with van der Waals surface area (Å²) in [5.41, 5.74) is 5.51. The van der Waals surface area contributed by atoms with E-state index in [4.69, 9.17) is 15.2 Å². The Bertz CT molecular complexity index is 197. The van der Waals surface area contributed by atoms with Gasteiger partial charge in [-0.15, -0.1) is 0 Å². The highest BCUT2D eigenvalue weighted by Crippen LogP contribution is 2.15. The average molecular weight is 245 g/mol. The van der Waals surface area contributed by atoms with Crippen LogP contribution in [0.4, 0.5) is 0 Å². The molecule has 0 spiro atoms. The topological polar surface area (TPSA) is 61.5 Å². The maximum absolute atomic E-state index is 11.5. The lowest BCUT2D eigenvalue weighted by atomic mass is 9.97. The van der Waals surface area contributed by atoms with E-state index >= 15 is 0 Å². The van der Waals surface area contributed by atoms with E-state index in [1.54, 1.807) is 0 Å². The molecule has 0 radical (unpaired) electrons. The summed E-state index contributed by atoms with van der Waals surface area (Å²) in [5, 5.41) is 0. The summed E-state index contributed by atoms with van der Waals surface area (Å²) in [6, 6.07) is 0. The molecule has 2 unspecified atom stereocenters. The Labute approximate surface area is 105 Å². The summed E-state index contributed by atoms with van der Waals surface area (Å²) >= 11 is 0. The summed E-state index contributed by atoms with van der Waals surface area (Å²) in [5.74, 6) is 0.405. The SMILES string of the molecule is CCOCC(C)OC(=O)CCC(CC)CCN. The van der Waals surface area contributed by atoms with Gasteiger partial charge in [0, 0.05) is 13.0 Å². The first-order valence-corrected chi connectivity index (χ1v) is 6.61. The van der Waals surface area contributed by atoms with Gasteiger partial charge in [-0.05, 0) is 39.2 Å². The van der Waals surface area contributed by atoms with Crippen molar-refractivity contribution in [3.05, 3.63) is 0 Å². The minimum absolute atomic E-state index is 0.132. The van der Waals surface area contributed by atoms with Crippen LogP contribution >= 0.6 is 0 Å². The smallest absolute Gasteiger partial charge is 0.306 e. The third kappa shape index (κ3) is 9.12. The molecule has 4 heteroatoms. The Balaban J connectivity index is 3.70. The molecule has 4 nitrogen and oxygen atoms in total. The third-order valence-electron chi connectivity index (χ3n) is 2.80. The molecule has 102 valence electrons. The van der Waals surface area contributed by atoms with Crippen molar-refractivity contribution in [2.75, 3.05) is 19.8 Å². The van der Waals surface area contributed by atoms with E-state index in [9.17, 15) is 4.79 Å². The van der Waals surface area contributed by atoms with Crippen LogP contribution in [0.3, 0.4) is 0 Å². The number of nitrogens with two attached hydrogens (primary N) is 1. The van der Waals surface area contributed by atoms with Crippen LogP contribution in [0, 0.1) is 5.92 Å². The van der Waals surface area contributed by atoms with Gasteiger partial charge in [-0.2, -0.15) is 0 Å². The summed E-state index contributed by atoms with van der Waals surface area (Å²) in [7, 11) is 0. The first kappa shape index (κ1) is 16.4. The molecule has 0 rings (SSSR count). The van der Waals surface area contributed by atoms with Gasteiger partial charge in [-0.3, -0.25) is 4.79 Å². The minimum Gasteiger partial charge on any atom is -0.460 e. The van der Waals surface area contributed by atoms with E-state index in [-0.39, 0.29) is 12.1 Å². The predicted molar refractivity (Wildman–Crippen MR) is 68.7 cm³/mol. The Hall–Kier alpha value is -0.610. The highest BCUT2D eigenvalue weighted by atomic mass is 16.6. The molecule has 0 saturated heterocycles. The van der Waals surface area contributed by atoms with Crippen LogP contribution in [-0.4, -0.2) is 31.8 Å². The predicted octanol–water partition coefficient (Wildman–Crippen LogP) is 2.11. The van der Waals surface area contributed by atoms with Crippen LogP contribution in [0.2, 0.25) is 0 Å². The van der Waals surface area contributed by atoms with E-state index in [1.165, 1.54) is 0 Å².